The highest BCUT2D eigenvalue weighted by atomic mass is 16.5. The fraction of sp³-hybridized carbons (Fsp3) is 0.333. The Morgan fingerprint density at radius 3 is 2.78 bits per heavy atom. The van der Waals surface area contributed by atoms with Crippen LogP contribution >= 0.6 is 0 Å². The Morgan fingerprint density at radius 2 is 1.97 bits per heavy atom. The Hall–Kier alpha value is -4.16. The number of hydrogen-bond acceptors (Lipinski definition) is 7. The van der Waals surface area contributed by atoms with Gasteiger partial charge in [-0.15, -0.1) is 0 Å². The minimum atomic E-state index is -1.03. The summed E-state index contributed by atoms with van der Waals surface area (Å²) in [5.74, 6) is 0.169. The van der Waals surface area contributed by atoms with E-state index in [-0.39, 0.29) is 0 Å². The molecule has 0 bridgehead atoms. The van der Waals surface area contributed by atoms with E-state index < -0.39 is 12.6 Å². The number of piperazine rings is 1. The van der Waals surface area contributed by atoms with E-state index in [4.69, 9.17) is 9.84 Å². The predicted molar refractivity (Wildman–Crippen MR) is 137 cm³/mol. The monoisotopic (exact) mass is 484 g/mol. The lowest BCUT2D eigenvalue weighted by Gasteiger charge is -2.35. The third-order valence-corrected chi connectivity index (χ3v) is 6.65. The van der Waals surface area contributed by atoms with Crippen molar-refractivity contribution in [3.63, 3.8) is 0 Å². The summed E-state index contributed by atoms with van der Waals surface area (Å²) in [7, 11) is 0. The van der Waals surface area contributed by atoms with Crippen molar-refractivity contribution in [2.75, 3.05) is 44.2 Å². The number of carboxylic acid groups (broad SMARTS) is 1. The van der Waals surface area contributed by atoms with Gasteiger partial charge in [0.15, 0.2) is 6.61 Å². The summed E-state index contributed by atoms with van der Waals surface area (Å²) in [6.07, 6.45) is 7.03. The summed E-state index contributed by atoms with van der Waals surface area (Å²) in [6, 6.07) is 13.4. The zero-order valence-electron chi connectivity index (χ0n) is 20.0. The zero-order valence-corrected chi connectivity index (χ0v) is 20.0. The normalized spacial score (nSPS) is 14.2. The van der Waals surface area contributed by atoms with Crippen LogP contribution in [-0.4, -0.2) is 70.3 Å². The van der Waals surface area contributed by atoms with E-state index >= 15 is 0 Å². The number of anilines is 1. The van der Waals surface area contributed by atoms with Crippen molar-refractivity contribution in [3.05, 3.63) is 59.9 Å². The number of nitrogens with zero attached hydrogens (tertiary/aromatic N) is 5. The average Bonchev–Trinajstić information content (AvgIpc) is 3.31. The number of benzene rings is 1. The molecule has 4 heterocycles. The molecule has 0 amide bonds. The minimum Gasteiger partial charge on any atom is -0.479 e. The van der Waals surface area contributed by atoms with Crippen molar-refractivity contribution in [2.45, 2.75) is 19.3 Å². The Morgan fingerprint density at radius 1 is 1.11 bits per heavy atom. The minimum absolute atomic E-state index is 0.296. The molecule has 184 valence electrons. The molecule has 5 rings (SSSR count). The second-order valence-corrected chi connectivity index (χ2v) is 9.01. The van der Waals surface area contributed by atoms with E-state index in [0.717, 1.165) is 79.6 Å². The van der Waals surface area contributed by atoms with E-state index in [2.05, 4.69) is 37.0 Å². The van der Waals surface area contributed by atoms with Crippen molar-refractivity contribution in [3.8, 4) is 11.9 Å². The van der Waals surface area contributed by atoms with Gasteiger partial charge in [0.2, 0.25) is 5.88 Å². The molecule has 0 aliphatic carbocycles. The van der Waals surface area contributed by atoms with Crippen LogP contribution in [0, 0.1) is 11.3 Å². The number of carboxylic acids is 1. The smallest absolute Gasteiger partial charge is 0.341 e. The molecule has 2 N–H and O–H groups in total. The van der Waals surface area contributed by atoms with Crippen LogP contribution in [0.3, 0.4) is 0 Å². The van der Waals surface area contributed by atoms with Gasteiger partial charge < -0.3 is 19.7 Å². The largest absolute Gasteiger partial charge is 0.479 e. The van der Waals surface area contributed by atoms with Gasteiger partial charge in [-0.05, 0) is 61.7 Å². The lowest BCUT2D eigenvalue weighted by Crippen LogP contribution is -2.47. The number of aryl methyl sites for hydroxylation is 1. The lowest BCUT2D eigenvalue weighted by atomic mass is 10.1. The van der Waals surface area contributed by atoms with Crippen LogP contribution in [0.5, 0.6) is 5.88 Å². The zero-order chi connectivity index (χ0) is 24.9. The van der Waals surface area contributed by atoms with E-state index in [9.17, 15) is 10.1 Å². The number of ether oxygens (including phenoxy) is 1. The number of aromatic nitrogens is 3. The highest BCUT2D eigenvalue weighted by Gasteiger charge is 2.20. The second-order valence-electron chi connectivity index (χ2n) is 9.01. The number of carbonyl (C=O) groups is 1. The van der Waals surface area contributed by atoms with E-state index in [0.29, 0.717) is 11.4 Å². The molecule has 0 spiro atoms. The van der Waals surface area contributed by atoms with E-state index in [1.165, 1.54) is 5.56 Å². The summed E-state index contributed by atoms with van der Waals surface area (Å²) in [4.78, 5) is 27.9. The van der Waals surface area contributed by atoms with E-state index in [1.807, 2.05) is 30.3 Å². The van der Waals surface area contributed by atoms with Crippen LogP contribution in [0.2, 0.25) is 0 Å². The van der Waals surface area contributed by atoms with Gasteiger partial charge in [-0.3, -0.25) is 4.90 Å². The third kappa shape index (κ3) is 5.24. The Bertz CT molecular complexity index is 1420. The highest BCUT2D eigenvalue weighted by molar-refractivity contribution is 5.90. The SMILES string of the molecule is N#Cc1ccc2[nH]cc(CCCCN3CCN(c4nccc5nc(OCC(=O)O)ccc45)CC3)c2c1. The fourth-order valence-electron chi connectivity index (χ4n) is 4.78. The van der Waals surface area contributed by atoms with Gasteiger partial charge in [0.05, 0.1) is 17.1 Å². The Balaban J connectivity index is 1.12. The lowest BCUT2D eigenvalue weighted by molar-refractivity contribution is -0.139. The molecule has 9 nitrogen and oxygen atoms in total. The summed E-state index contributed by atoms with van der Waals surface area (Å²) in [6.45, 7) is 4.39. The predicted octanol–water partition coefficient (Wildman–Crippen LogP) is 3.59. The Kier molecular flexibility index (Phi) is 6.96. The number of hydrogen-bond donors (Lipinski definition) is 2. The molecule has 1 aromatic carbocycles. The standard InChI is InChI=1S/C27H28N6O3/c28-16-19-4-6-23-22(15-19)20(17-30-23)3-1-2-10-32-11-13-33(14-12-32)27-21-5-7-25(36-18-26(34)35)31-24(21)8-9-29-27/h4-9,15,17,30H,1-3,10-14,18H2,(H,34,35). The average molecular weight is 485 g/mol. The van der Waals surface area contributed by atoms with E-state index in [1.54, 1.807) is 12.3 Å². The molecule has 1 fully saturated rings. The van der Waals surface area contributed by atoms with Gasteiger partial charge in [-0.2, -0.15) is 5.26 Å². The summed E-state index contributed by atoms with van der Waals surface area (Å²) < 4.78 is 5.21. The van der Waals surface area contributed by atoms with Gasteiger partial charge in [0.25, 0.3) is 0 Å². The van der Waals surface area contributed by atoms with Gasteiger partial charge in [0.1, 0.15) is 5.82 Å². The number of fused-ring (bicyclic) bond motifs is 2. The molecular formula is C27H28N6O3. The van der Waals surface area contributed by atoms with Crippen molar-refractivity contribution >= 4 is 33.6 Å². The van der Waals surface area contributed by atoms with Gasteiger partial charge in [-0.25, -0.2) is 14.8 Å². The first-order valence-corrected chi connectivity index (χ1v) is 12.2. The maximum atomic E-state index is 10.7. The van der Waals surface area contributed by atoms with Crippen molar-refractivity contribution in [1.82, 2.24) is 19.9 Å². The molecule has 0 atom stereocenters. The summed E-state index contributed by atoms with van der Waals surface area (Å²) in [5.41, 5.74) is 3.80. The summed E-state index contributed by atoms with van der Waals surface area (Å²) in [5, 5.41) is 20.1. The quantitative estimate of drug-likeness (QED) is 0.346. The molecule has 1 aliphatic rings. The molecule has 36 heavy (non-hydrogen) atoms. The molecule has 1 saturated heterocycles. The number of pyridine rings is 2. The molecule has 3 aromatic heterocycles. The van der Waals surface area contributed by atoms with Gasteiger partial charge in [-0.1, -0.05) is 0 Å². The molecular weight excluding hydrogens is 456 g/mol. The first-order valence-electron chi connectivity index (χ1n) is 12.2. The highest BCUT2D eigenvalue weighted by Crippen LogP contribution is 2.26. The first-order chi connectivity index (χ1) is 17.6. The Labute approximate surface area is 208 Å². The van der Waals surface area contributed by atoms with Crippen LogP contribution in [-0.2, 0) is 11.2 Å². The number of unbranched alkanes of at least 4 members (excludes halogenated alkanes) is 1. The van der Waals surface area contributed by atoms with Crippen molar-refractivity contribution in [2.24, 2.45) is 0 Å². The summed E-state index contributed by atoms with van der Waals surface area (Å²) >= 11 is 0. The number of H-pyrrole nitrogens is 1. The van der Waals surface area contributed by atoms with Crippen molar-refractivity contribution < 1.29 is 14.6 Å². The number of aliphatic carboxylic acids is 1. The second kappa shape index (κ2) is 10.6. The maximum Gasteiger partial charge on any atom is 0.341 e. The first kappa shape index (κ1) is 23.6. The fourth-order valence-corrected chi connectivity index (χ4v) is 4.78. The molecule has 9 heteroatoms. The number of rotatable bonds is 9. The molecule has 4 aromatic rings. The number of aromatic amines is 1. The molecule has 1 aliphatic heterocycles. The third-order valence-electron chi connectivity index (χ3n) is 6.65. The maximum absolute atomic E-state index is 10.7. The van der Waals surface area contributed by atoms with Crippen LogP contribution in [0.15, 0.2) is 48.8 Å². The number of nitrogens with one attached hydrogen (secondary N) is 1. The molecule has 0 unspecified atom stereocenters. The topological polar surface area (TPSA) is 118 Å². The van der Waals surface area contributed by atoms with Crippen LogP contribution in [0.25, 0.3) is 21.8 Å². The van der Waals surface area contributed by atoms with Gasteiger partial charge in [0, 0.05) is 60.9 Å². The van der Waals surface area contributed by atoms with Crippen molar-refractivity contribution in [1.29, 1.82) is 5.26 Å². The van der Waals surface area contributed by atoms with Crippen LogP contribution < -0.4 is 9.64 Å². The molecule has 0 radical (unpaired) electrons. The van der Waals surface area contributed by atoms with Crippen LogP contribution in [0.4, 0.5) is 5.82 Å². The van der Waals surface area contributed by atoms with Crippen LogP contribution in [0.1, 0.15) is 24.0 Å². The number of nitriles is 1. The van der Waals surface area contributed by atoms with Gasteiger partial charge >= 0.3 is 5.97 Å². The molecule has 0 saturated carbocycles.